The van der Waals surface area contributed by atoms with Crippen LogP contribution in [0.2, 0.25) is 0 Å². The average molecular weight is 715 g/mol. The van der Waals surface area contributed by atoms with Gasteiger partial charge in [0.05, 0.1) is 24.3 Å². The zero-order valence-corrected chi connectivity index (χ0v) is 28.9. The van der Waals surface area contributed by atoms with E-state index in [2.05, 4.69) is 0 Å². The Hall–Kier alpha value is -5.46. The Bertz CT molecular complexity index is 1860. The van der Waals surface area contributed by atoms with Gasteiger partial charge in [0.15, 0.2) is 21.3 Å². The SMILES string of the molecule is CCOc1oc(-c2oc(OCC)c(S(=O)Oc3ccccc3)c2COc2ccccc2)c(COc2ccccc2)c1S(=O)Oc1ccccc1. The second-order valence-corrected chi connectivity index (χ2v) is 12.5. The largest absolute Gasteiger partial charge is 0.489 e. The van der Waals surface area contributed by atoms with E-state index < -0.39 is 22.2 Å². The van der Waals surface area contributed by atoms with Gasteiger partial charge in [-0.05, 0) is 62.4 Å². The Kier molecular flexibility index (Phi) is 11.5. The van der Waals surface area contributed by atoms with Crippen molar-refractivity contribution in [3.8, 4) is 46.4 Å². The minimum absolute atomic E-state index is 0.0593. The fourth-order valence-corrected chi connectivity index (χ4v) is 6.74. The molecule has 0 radical (unpaired) electrons. The third kappa shape index (κ3) is 8.21. The van der Waals surface area contributed by atoms with Crippen LogP contribution in [-0.4, -0.2) is 21.6 Å². The van der Waals surface area contributed by atoms with E-state index in [0.717, 1.165) is 0 Å². The molecular formula is C38H34O10S2. The maximum absolute atomic E-state index is 14.0. The molecule has 6 aromatic rings. The number of ether oxygens (including phenoxy) is 4. The summed E-state index contributed by atoms with van der Waals surface area (Å²) >= 11 is -4.27. The number of hydrogen-bond acceptors (Lipinski definition) is 10. The van der Waals surface area contributed by atoms with Crippen LogP contribution in [0.15, 0.2) is 140 Å². The first-order valence-corrected chi connectivity index (χ1v) is 17.9. The first-order valence-electron chi connectivity index (χ1n) is 15.8. The first kappa shape index (κ1) is 34.4. The van der Waals surface area contributed by atoms with Gasteiger partial charge in [-0.1, -0.05) is 72.8 Å². The van der Waals surface area contributed by atoms with E-state index in [1.165, 1.54) is 0 Å². The summed E-state index contributed by atoms with van der Waals surface area (Å²) in [6.07, 6.45) is 0. The quantitative estimate of drug-likeness (QED) is 0.0909. The third-order valence-corrected chi connectivity index (χ3v) is 9.21. The standard InChI is InChI=1S/C38H34O10S2/c1-3-41-37-35(49(39)47-29-21-13-7-14-22-29)31(25-43-27-17-9-5-10-18-27)33(45-37)34-32(26-44-28-19-11-6-12-20-28)36(38(46-34)42-4-2)50(40)48-30-23-15-8-16-24-30/h5-24H,3-4,25-26H2,1-2H3. The Labute approximate surface area is 294 Å². The molecule has 258 valence electrons. The molecule has 2 unspecified atom stereocenters. The Morgan fingerprint density at radius 3 is 1.10 bits per heavy atom. The summed E-state index contributed by atoms with van der Waals surface area (Å²) in [6, 6.07) is 35.7. The summed E-state index contributed by atoms with van der Waals surface area (Å²) in [5.74, 6) is 1.93. The summed E-state index contributed by atoms with van der Waals surface area (Å²) in [6.45, 7) is 3.67. The molecule has 0 aliphatic heterocycles. The van der Waals surface area contributed by atoms with E-state index in [4.69, 9.17) is 36.1 Å². The molecule has 0 amide bonds. The highest BCUT2D eigenvalue weighted by atomic mass is 32.2. The number of hydrogen-bond donors (Lipinski definition) is 0. The second-order valence-electron chi connectivity index (χ2n) is 10.4. The molecule has 0 spiro atoms. The molecule has 0 aliphatic carbocycles. The van der Waals surface area contributed by atoms with Crippen molar-refractivity contribution < 1.29 is 44.6 Å². The van der Waals surface area contributed by atoms with E-state index in [9.17, 15) is 8.42 Å². The van der Waals surface area contributed by atoms with Crippen LogP contribution >= 0.6 is 0 Å². The summed E-state index contributed by atoms with van der Waals surface area (Å²) in [5, 5.41) is 0. The van der Waals surface area contributed by atoms with Crippen molar-refractivity contribution in [3.05, 3.63) is 132 Å². The predicted octanol–water partition coefficient (Wildman–Crippen LogP) is 8.70. The van der Waals surface area contributed by atoms with E-state index >= 15 is 0 Å². The van der Waals surface area contributed by atoms with Crippen molar-refractivity contribution in [2.45, 2.75) is 36.9 Å². The van der Waals surface area contributed by atoms with Crippen molar-refractivity contribution >= 4 is 22.2 Å². The molecule has 0 fully saturated rings. The Morgan fingerprint density at radius 2 is 0.780 bits per heavy atom. The van der Waals surface area contributed by atoms with Crippen LogP contribution in [0.1, 0.15) is 25.0 Å². The number of para-hydroxylation sites is 4. The van der Waals surface area contributed by atoms with Gasteiger partial charge in [-0.3, -0.25) is 0 Å². The highest BCUT2D eigenvalue weighted by Gasteiger charge is 2.36. The Morgan fingerprint density at radius 1 is 0.460 bits per heavy atom. The molecule has 0 N–H and O–H groups in total. The molecule has 0 bridgehead atoms. The molecule has 0 aliphatic rings. The lowest BCUT2D eigenvalue weighted by Crippen LogP contribution is -2.08. The molecule has 10 nitrogen and oxygen atoms in total. The molecule has 50 heavy (non-hydrogen) atoms. The molecule has 2 heterocycles. The molecule has 2 aromatic heterocycles. The van der Waals surface area contributed by atoms with E-state index in [-0.39, 0.29) is 59.6 Å². The van der Waals surface area contributed by atoms with E-state index in [1.807, 2.05) is 48.5 Å². The topological polar surface area (TPSA) is 116 Å². The first-order chi connectivity index (χ1) is 24.6. The number of benzene rings is 4. The fraction of sp³-hybridized carbons (Fsp3) is 0.158. The van der Waals surface area contributed by atoms with Gasteiger partial charge in [0.25, 0.3) is 0 Å². The molecule has 4 aromatic carbocycles. The van der Waals surface area contributed by atoms with Gasteiger partial charge in [0.1, 0.15) is 36.2 Å². The number of rotatable bonds is 17. The minimum atomic E-state index is -2.13. The van der Waals surface area contributed by atoms with Gasteiger partial charge in [-0.15, -0.1) is 0 Å². The van der Waals surface area contributed by atoms with Crippen molar-refractivity contribution in [1.82, 2.24) is 0 Å². The van der Waals surface area contributed by atoms with Crippen molar-refractivity contribution in [2.75, 3.05) is 13.2 Å². The van der Waals surface area contributed by atoms with Crippen LogP contribution in [-0.2, 0) is 35.4 Å². The molecule has 12 heteroatoms. The molecule has 2 atom stereocenters. The van der Waals surface area contributed by atoms with Crippen LogP contribution < -0.4 is 27.3 Å². The summed E-state index contributed by atoms with van der Waals surface area (Å²) in [5.41, 5.74) is 0.622. The van der Waals surface area contributed by atoms with E-state index in [1.54, 1.807) is 86.6 Å². The maximum Gasteiger partial charge on any atom is 0.305 e. The van der Waals surface area contributed by atoms with E-state index in [0.29, 0.717) is 34.1 Å². The summed E-state index contributed by atoms with van der Waals surface area (Å²) in [7, 11) is 0. The highest BCUT2D eigenvalue weighted by molar-refractivity contribution is 7.81. The zero-order chi connectivity index (χ0) is 34.7. The van der Waals surface area contributed by atoms with Gasteiger partial charge in [-0.2, -0.15) is 0 Å². The Balaban J connectivity index is 1.52. The lowest BCUT2D eigenvalue weighted by molar-refractivity contribution is 0.241. The van der Waals surface area contributed by atoms with Crippen LogP contribution in [0, 0.1) is 0 Å². The molecular weight excluding hydrogens is 681 g/mol. The normalized spacial score (nSPS) is 12.1. The predicted molar refractivity (Wildman–Crippen MR) is 187 cm³/mol. The van der Waals surface area contributed by atoms with Crippen molar-refractivity contribution in [3.63, 3.8) is 0 Å². The van der Waals surface area contributed by atoms with Gasteiger partial charge in [0.2, 0.25) is 22.2 Å². The van der Waals surface area contributed by atoms with Crippen LogP contribution in [0.4, 0.5) is 0 Å². The van der Waals surface area contributed by atoms with Crippen molar-refractivity contribution in [2.24, 2.45) is 0 Å². The monoisotopic (exact) mass is 714 g/mol. The van der Waals surface area contributed by atoms with Gasteiger partial charge < -0.3 is 36.1 Å². The van der Waals surface area contributed by atoms with Crippen LogP contribution in [0.5, 0.6) is 34.9 Å². The number of furan rings is 2. The van der Waals surface area contributed by atoms with Crippen molar-refractivity contribution in [1.29, 1.82) is 0 Å². The highest BCUT2D eigenvalue weighted by Crippen LogP contribution is 2.46. The fourth-order valence-electron chi connectivity index (χ4n) is 4.83. The van der Waals surface area contributed by atoms with Gasteiger partial charge >= 0.3 is 11.9 Å². The zero-order valence-electron chi connectivity index (χ0n) is 27.3. The summed E-state index contributed by atoms with van der Waals surface area (Å²) < 4.78 is 76.5. The summed E-state index contributed by atoms with van der Waals surface area (Å²) in [4.78, 5) is 0.211. The lowest BCUT2D eigenvalue weighted by Gasteiger charge is -2.11. The molecule has 0 saturated carbocycles. The smallest absolute Gasteiger partial charge is 0.305 e. The van der Waals surface area contributed by atoms with Crippen LogP contribution in [0.25, 0.3) is 11.5 Å². The van der Waals surface area contributed by atoms with Gasteiger partial charge in [-0.25, -0.2) is 8.42 Å². The van der Waals surface area contributed by atoms with Crippen LogP contribution in [0.3, 0.4) is 0 Å². The minimum Gasteiger partial charge on any atom is -0.489 e. The third-order valence-electron chi connectivity index (χ3n) is 7.03. The second kappa shape index (κ2) is 16.8. The maximum atomic E-state index is 14.0. The molecule has 0 saturated heterocycles. The molecule has 6 rings (SSSR count). The van der Waals surface area contributed by atoms with Gasteiger partial charge in [0, 0.05) is 0 Å². The lowest BCUT2D eigenvalue weighted by atomic mass is 10.1. The average Bonchev–Trinajstić information content (AvgIpc) is 3.69.